The minimum absolute atomic E-state index is 0.423. The third kappa shape index (κ3) is 3.69. The molecule has 0 aliphatic rings. The van der Waals surface area contributed by atoms with Crippen molar-refractivity contribution in [3.63, 3.8) is 0 Å². The molecule has 0 aliphatic carbocycles. The van der Waals surface area contributed by atoms with Gasteiger partial charge in [-0.25, -0.2) is 12.7 Å². The van der Waals surface area contributed by atoms with Gasteiger partial charge in [0.15, 0.2) is 5.75 Å². The van der Waals surface area contributed by atoms with Gasteiger partial charge in [0.25, 0.3) is 0 Å². The lowest BCUT2D eigenvalue weighted by atomic mass is 10.3. The zero-order valence-corrected chi connectivity index (χ0v) is 8.26. The molecule has 4 nitrogen and oxygen atoms in total. The van der Waals surface area contributed by atoms with Gasteiger partial charge in [0.2, 0.25) is 10.0 Å². The number of nitriles is 1. The van der Waals surface area contributed by atoms with Crippen molar-refractivity contribution in [2.45, 2.75) is 19.8 Å². The summed E-state index contributed by atoms with van der Waals surface area (Å²) in [6, 6.07) is 1.64. The second-order valence-corrected chi connectivity index (χ2v) is 4.67. The number of hydrogen-bond acceptors (Lipinski definition) is 3. The fourth-order valence-corrected chi connectivity index (χ4v) is 1.50. The van der Waals surface area contributed by atoms with Gasteiger partial charge in [0.05, 0.1) is 6.07 Å². The summed E-state index contributed by atoms with van der Waals surface area (Å²) in [6.45, 7) is 2.49. The van der Waals surface area contributed by atoms with Crippen LogP contribution in [0.2, 0.25) is 0 Å². The van der Waals surface area contributed by atoms with Crippen molar-refractivity contribution in [2.75, 3.05) is 19.3 Å². The SMILES string of the molecule is CCCCN(C)S(=O)(=O)CC#N. The van der Waals surface area contributed by atoms with Gasteiger partial charge in [-0.05, 0) is 6.42 Å². The Morgan fingerprint density at radius 3 is 2.50 bits per heavy atom. The van der Waals surface area contributed by atoms with Crippen LogP contribution in [0.15, 0.2) is 0 Å². The molecule has 70 valence electrons. The lowest BCUT2D eigenvalue weighted by molar-refractivity contribution is 0.462. The molecule has 0 rings (SSSR count). The van der Waals surface area contributed by atoms with Crippen LogP contribution in [-0.4, -0.2) is 32.1 Å². The van der Waals surface area contributed by atoms with E-state index in [-0.39, 0.29) is 0 Å². The van der Waals surface area contributed by atoms with Gasteiger partial charge in [-0.2, -0.15) is 5.26 Å². The summed E-state index contributed by atoms with van der Waals surface area (Å²) >= 11 is 0. The fourth-order valence-electron chi connectivity index (χ4n) is 0.712. The smallest absolute Gasteiger partial charge is 0.211 e. The van der Waals surface area contributed by atoms with Crippen LogP contribution in [0.3, 0.4) is 0 Å². The molecule has 0 heterocycles. The summed E-state index contributed by atoms with van der Waals surface area (Å²) < 4.78 is 23.5. The van der Waals surface area contributed by atoms with Crippen molar-refractivity contribution >= 4 is 10.0 Å². The van der Waals surface area contributed by atoms with E-state index in [1.165, 1.54) is 11.4 Å². The summed E-state index contributed by atoms with van der Waals surface area (Å²) in [4.78, 5) is 0. The van der Waals surface area contributed by atoms with Crippen molar-refractivity contribution < 1.29 is 8.42 Å². The molecule has 0 saturated heterocycles. The first-order valence-corrected chi connectivity index (χ1v) is 5.46. The third-order valence-electron chi connectivity index (χ3n) is 1.55. The molecule has 5 heteroatoms. The van der Waals surface area contributed by atoms with Crippen LogP contribution in [0.4, 0.5) is 0 Å². The van der Waals surface area contributed by atoms with Crippen LogP contribution < -0.4 is 0 Å². The molecule has 0 aliphatic heterocycles. The maximum absolute atomic E-state index is 11.1. The Balaban J connectivity index is 4.09. The molecule has 12 heavy (non-hydrogen) atoms. The van der Waals surface area contributed by atoms with E-state index in [1.807, 2.05) is 6.92 Å². The van der Waals surface area contributed by atoms with Crippen molar-refractivity contribution in [1.29, 1.82) is 5.26 Å². The first-order chi connectivity index (χ1) is 5.54. The molecule has 0 aromatic heterocycles. The van der Waals surface area contributed by atoms with Gasteiger partial charge in [0.1, 0.15) is 0 Å². The lowest BCUT2D eigenvalue weighted by Gasteiger charge is -2.13. The molecule has 0 unspecified atom stereocenters. The second-order valence-electron chi connectivity index (χ2n) is 2.59. The van der Waals surface area contributed by atoms with Crippen LogP contribution in [0.5, 0.6) is 0 Å². The van der Waals surface area contributed by atoms with Crippen molar-refractivity contribution in [1.82, 2.24) is 4.31 Å². The van der Waals surface area contributed by atoms with Gasteiger partial charge in [0, 0.05) is 13.6 Å². The summed E-state index contributed by atoms with van der Waals surface area (Å²) in [5, 5.41) is 8.22. The highest BCUT2D eigenvalue weighted by Crippen LogP contribution is 1.99. The Bertz CT molecular complexity index is 253. The van der Waals surface area contributed by atoms with Crippen LogP contribution in [-0.2, 0) is 10.0 Å². The summed E-state index contributed by atoms with van der Waals surface area (Å²) in [5.74, 6) is -0.423. The zero-order chi connectivity index (χ0) is 9.61. The molecule has 0 aromatic rings. The maximum Gasteiger partial charge on any atom is 0.227 e. The van der Waals surface area contributed by atoms with E-state index in [2.05, 4.69) is 0 Å². The van der Waals surface area contributed by atoms with E-state index in [0.717, 1.165) is 12.8 Å². The van der Waals surface area contributed by atoms with Gasteiger partial charge in [-0.3, -0.25) is 0 Å². The first kappa shape index (κ1) is 11.4. The van der Waals surface area contributed by atoms with Crippen molar-refractivity contribution in [3.8, 4) is 6.07 Å². The number of unbranched alkanes of at least 4 members (excludes halogenated alkanes) is 1. The predicted molar refractivity (Wildman–Crippen MR) is 46.9 cm³/mol. The Hall–Kier alpha value is -0.600. The molecule has 0 radical (unpaired) electrons. The molecule has 0 aromatic carbocycles. The Morgan fingerprint density at radius 2 is 2.08 bits per heavy atom. The first-order valence-electron chi connectivity index (χ1n) is 3.85. The van der Waals surface area contributed by atoms with Gasteiger partial charge < -0.3 is 0 Å². The van der Waals surface area contributed by atoms with Gasteiger partial charge >= 0.3 is 0 Å². The number of nitrogens with zero attached hydrogens (tertiary/aromatic N) is 2. The summed E-state index contributed by atoms with van der Waals surface area (Å²) in [5.41, 5.74) is 0. The van der Waals surface area contributed by atoms with Crippen LogP contribution in [0.1, 0.15) is 19.8 Å². The quantitative estimate of drug-likeness (QED) is 0.636. The van der Waals surface area contributed by atoms with Crippen molar-refractivity contribution in [3.05, 3.63) is 0 Å². The Morgan fingerprint density at radius 1 is 1.50 bits per heavy atom. The molecule has 0 N–H and O–H groups in total. The highest BCUT2D eigenvalue weighted by Gasteiger charge is 2.15. The van der Waals surface area contributed by atoms with Crippen LogP contribution in [0, 0.1) is 11.3 Å². The summed E-state index contributed by atoms with van der Waals surface area (Å²) in [7, 11) is -1.81. The average Bonchev–Trinajstić information content (AvgIpc) is 2.00. The predicted octanol–water partition coefficient (Wildman–Crippen LogP) is 0.572. The van der Waals surface area contributed by atoms with E-state index in [9.17, 15) is 8.42 Å². The maximum atomic E-state index is 11.1. The third-order valence-corrected chi connectivity index (χ3v) is 3.17. The highest BCUT2D eigenvalue weighted by atomic mass is 32.2. The fraction of sp³-hybridized carbons (Fsp3) is 0.857. The number of sulfonamides is 1. The minimum atomic E-state index is -3.31. The summed E-state index contributed by atoms with van der Waals surface area (Å²) in [6.07, 6.45) is 1.79. The average molecular weight is 190 g/mol. The molecule has 0 bridgehead atoms. The molecular formula is C7H14N2O2S. The van der Waals surface area contributed by atoms with Crippen molar-refractivity contribution in [2.24, 2.45) is 0 Å². The largest absolute Gasteiger partial charge is 0.227 e. The molecule has 0 spiro atoms. The minimum Gasteiger partial charge on any atom is -0.211 e. The van der Waals surface area contributed by atoms with Gasteiger partial charge in [-0.1, -0.05) is 13.3 Å². The lowest BCUT2D eigenvalue weighted by Crippen LogP contribution is -2.29. The van der Waals surface area contributed by atoms with Crippen LogP contribution in [0.25, 0.3) is 0 Å². The van der Waals surface area contributed by atoms with E-state index in [0.29, 0.717) is 6.54 Å². The normalized spacial score (nSPS) is 11.5. The highest BCUT2D eigenvalue weighted by molar-refractivity contribution is 7.89. The molecule has 0 saturated carbocycles. The van der Waals surface area contributed by atoms with E-state index < -0.39 is 15.8 Å². The van der Waals surface area contributed by atoms with Crippen LogP contribution >= 0.6 is 0 Å². The standard InChI is InChI=1S/C7H14N2O2S/c1-3-4-6-9(2)12(10,11)7-5-8/h3-4,6-7H2,1-2H3. The van der Waals surface area contributed by atoms with Gasteiger partial charge in [-0.15, -0.1) is 0 Å². The molecule has 0 atom stereocenters. The zero-order valence-electron chi connectivity index (χ0n) is 7.45. The van der Waals surface area contributed by atoms with E-state index in [4.69, 9.17) is 5.26 Å². The van der Waals surface area contributed by atoms with E-state index in [1.54, 1.807) is 6.07 Å². The topological polar surface area (TPSA) is 61.2 Å². The molecule has 0 fully saturated rings. The number of hydrogen-bond donors (Lipinski definition) is 0. The Labute approximate surface area is 73.8 Å². The molecular weight excluding hydrogens is 176 g/mol. The second kappa shape index (κ2) is 5.12. The Kier molecular flexibility index (Phi) is 4.86. The van der Waals surface area contributed by atoms with E-state index >= 15 is 0 Å². The molecule has 0 amide bonds. The monoisotopic (exact) mass is 190 g/mol. The number of rotatable bonds is 5.